The minimum Gasteiger partial charge on any atom is -0.508 e. The summed E-state index contributed by atoms with van der Waals surface area (Å²) in [6.07, 6.45) is 10.1. The first kappa shape index (κ1) is 26.3. The van der Waals surface area contributed by atoms with Crippen LogP contribution in [0.5, 0.6) is 17.2 Å². The van der Waals surface area contributed by atoms with Gasteiger partial charge in [-0.15, -0.1) is 0 Å². The summed E-state index contributed by atoms with van der Waals surface area (Å²) in [6.45, 7) is 0.205. The van der Waals surface area contributed by atoms with Crippen LogP contribution in [0.15, 0.2) is 58.7 Å². The summed E-state index contributed by atoms with van der Waals surface area (Å²) in [4.78, 5) is 33.3. The molecule has 0 spiro atoms. The number of phenols is 1. The monoisotopic (exact) mass is 555 g/mol. The zero-order valence-electron chi connectivity index (χ0n) is 23.3. The molecule has 2 fully saturated rings. The molecule has 214 valence electrons. The normalized spacial score (nSPS) is 26.3. The van der Waals surface area contributed by atoms with E-state index in [-0.39, 0.29) is 36.3 Å². The molecule has 0 saturated heterocycles. The summed E-state index contributed by atoms with van der Waals surface area (Å²) in [6, 6.07) is 12.9. The van der Waals surface area contributed by atoms with Crippen LogP contribution in [0, 0.1) is 11.8 Å². The van der Waals surface area contributed by atoms with Crippen LogP contribution >= 0.6 is 0 Å². The van der Waals surface area contributed by atoms with E-state index < -0.39 is 11.8 Å². The van der Waals surface area contributed by atoms with Crippen molar-refractivity contribution in [3.8, 4) is 17.2 Å². The van der Waals surface area contributed by atoms with E-state index in [1.165, 1.54) is 12.8 Å². The third-order valence-corrected chi connectivity index (χ3v) is 9.67. The fourth-order valence-corrected chi connectivity index (χ4v) is 7.65. The van der Waals surface area contributed by atoms with Gasteiger partial charge in [0.2, 0.25) is 6.79 Å². The van der Waals surface area contributed by atoms with Crippen molar-refractivity contribution in [2.75, 3.05) is 6.79 Å². The van der Waals surface area contributed by atoms with Crippen molar-refractivity contribution in [1.82, 2.24) is 0 Å². The zero-order chi connectivity index (χ0) is 27.9. The molecule has 0 radical (unpaired) electrons. The maximum absolute atomic E-state index is 14.1. The fraction of sp³-hybridized carbons (Fsp3) is 0.500. The highest BCUT2D eigenvalue weighted by Crippen LogP contribution is 2.49. The second-order valence-electron chi connectivity index (χ2n) is 12.4. The van der Waals surface area contributed by atoms with Gasteiger partial charge in [-0.3, -0.25) is 14.6 Å². The number of aromatic hydroxyl groups is 1. The van der Waals surface area contributed by atoms with Crippen molar-refractivity contribution < 1.29 is 28.9 Å². The van der Waals surface area contributed by atoms with Gasteiger partial charge in [0.15, 0.2) is 17.3 Å². The van der Waals surface area contributed by atoms with Crippen LogP contribution in [-0.4, -0.2) is 35.5 Å². The van der Waals surface area contributed by atoms with E-state index in [1.807, 2.05) is 24.3 Å². The predicted molar refractivity (Wildman–Crippen MR) is 153 cm³/mol. The fourth-order valence-electron chi connectivity index (χ4n) is 7.65. The van der Waals surface area contributed by atoms with E-state index in [9.17, 15) is 14.7 Å². The van der Waals surface area contributed by atoms with Crippen LogP contribution in [0.3, 0.4) is 0 Å². The van der Waals surface area contributed by atoms with Crippen LogP contribution in [0.25, 0.3) is 0 Å². The van der Waals surface area contributed by atoms with E-state index in [0.717, 1.165) is 73.2 Å². The number of phenolic OH excluding ortho intramolecular Hbond substituents is 1. The number of allylic oxidation sites excluding steroid dienone is 2. The number of hydrogen-bond acceptors (Lipinski definition) is 7. The van der Waals surface area contributed by atoms with Crippen molar-refractivity contribution in [1.29, 1.82) is 0 Å². The van der Waals surface area contributed by atoms with Gasteiger partial charge in [0.25, 0.3) is 0 Å². The van der Waals surface area contributed by atoms with Crippen molar-refractivity contribution in [3.63, 3.8) is 0 Å². The maximum Gasteiger partial charge on any atom is 0.315 e. The maximum atomic E-state index is 14.1. The van der Waals surface area contributed by atoms with Crippen LogP contribution in [0.4, 0.5) is 0 Å². The number of fused-ring (bicyclic) bond motifs is 1. The molecule has 2 aromatic carbocycles. The highest BCUT2D eigenvalue weighted by Gasteiger charge is 2.47. The Morgan fingerprint density at radius 1 is 0.927 bits per heavy atom. The quantitative estimate of drug-likeness (QED) is 0.397. The molecule has 2 saturated carbocycles. The van der Waals surface area contributed by atoms with Crippen LogP contribution in [0.2, 0.25) is 0 Å². The molecule has 41 heavy (non-hydrogen) atoms. The lowest BCUT2D eigenvalue weighted by Gasteiger charge is -2.38. The molecule has 3 aliphatic carbocycles. The van der Waals surface area contributed by atoms with Crippen molar-refractivity contribution in [2.24, 2.45) is 16.8 Å². The number of ketones is 1. The molecule has 7 nitrogen and oxygen atoms in total. The topological polar surface area (TPSA) is 94.4 Å². The Morgan fingerprint density at radius 3 is 2.51 bits per heavy atom. The number of carbonyl (C=O) groups excluding carboxylic acids is 2. The Hall–Kier alpha value is -3.61. The third-order valence-electron chi connectivity index (χ3n) is 9.67. The summed E-state index contributed by atoms with van der Waals surface area (Å²) in [7, 11) is 0. The number of Topliss-reactive ketones (excluding diaryl/α,β-unsaturated/α-hetero) is 1. The van der Waals surface area contributed by atoms with Crippen molar-refractivity contribution in [2.45, 2.75) is 88.6 Å². The average molecular weight is 556 g/mol. The summed E-state index contributed by atoms with van der Waals surface area (Å²) < 4.78 is 17.2. The van der Waals surface area contributed by atoms with Gasteiger partial charge in [-0.25, -0.2) is 0 Å². The highest BCUT2D eigenvalue weighted by atomic mass is 16.7. The lowest BCUT2D eigenvalue weighted by molar-refractivity contribution is -0.151. The number of carbonyl (C=O) groups is 2. The molecule has 1 N–H and O–H groups in total. The minimum absolute atomic E-state index is 0.00425. The number of benzene rings is 2. The van der Waals surface area contributed by atoms with E-state index in [0.29, 0.717) is 30.1 Å². The van der Waals surface area contributed by atoms with E-state index in [4.69, 9.17) is 19.2 Å². The first-order valence-electron chi connectivity index (χ1n) is 15.3. The highest BCUT2D eigenvalue weighted by molar-refractivity contribution is 6.10. The number of rotatable bonds is 6. The zero-order valence-corrected chi connectivity index (χ0v) is 23.3. The molecular formula is C34H37NO6. The largest absolute Gasteiger partial charge is 0.508 e. The van der Waals surface area contributed by atoms with Crippen molar-refractivity contribution >= 4 is 17.5 Å². The summed E-state index contributed by atoms with van der Waals surface area (Å²) in [5.74, 6) is 0.519. The summed E-state index contributed by atoms with van der Waals surface area (Å²) in [5, 5.41) is 10.5. The molecule has 5 aliphatic rings. The van der Waals surface area contributed by atoms with Gasteiger partial charge in [0.05, 0.1) is 0 Å². The van der Waals surface area contributed by atoms with Crippen LogP contribution in [0.1, 0.15) is 93.6 Å². The Morgan fingerprint density at radius 2 is 1.71 bits per heavy atom. The van der Waals surface area contributed by atoms with Gasteiger partial charge in [-0.2, -0.15) is 0 Å². The predicted octanol–water partition coefficient (Wildman–Crippen LogP) is 6.74. The molecule has 3 unspecified atom stereocenters. The molecule has 7 rings (SSSR count). The molecule has 2 aromatic rings. The second-order valence-corrected chi connectivity index (χ2v) is 12.4. The Bertz CT molecular complexity index is 1410. The number of aliphatic imine (C=N–C) groups is 1. The summed E-state index contributed by atoms with van der Waals surface area (Å²) in [5.41, 5.74) is 4.01. The second kappa shape index (κ2) is 11.0. The first-order valence-corrected chi connectivity index (χ1v) is 15.3. The number of hydrogen-bond donors (Lipinski definition) is 1. The molecule has 2 heterocycles. The Kier molecular flexibility index (Phi) is 7.05. The molecule has 0 aromatic heterocycles. The van der Waals surface area contributed by atoms with Gasteiger partial charge in [-0.05, 0) is 85.8 Å². The average Bonchev–Trinajstić information content (AvgIpc) is 3.75. The van der Waals surface area contributed by atoms with Gasteiger partial charge < -0.3 is 19.3 Å². The summed E-state index contributed by atoms with van der Waals surface area (Å²) >= 11 is 0. The molecule has 2 aliphatic heterocycles. The standard InChI is InChI=1S/C34H37NO6/c36-24-9-5-8-22(15-24)31-32-27(16-23(17-28(32)37)21-12-13-29-30(18-21)40-19-39-29)35-26(14-20-6-1-2-7-20)33(31)34(38)41-25-10-3-4-11-25/h5,8-9,12-13,15,18,20,23,25,31,33,36H,1-4,6-7,10-11,14,16-17,19H2. The number of esters is 1. The number of nitrogens with zero attached hydrogens (tertiary/aromatic N) is 1. The SMILES string of the molecule is O=C1CC(c2ccc3c(c2)OCO3)CC2=C1C(c1cccc(O)c1)C(C(=O)OC1CCCC1)C(CC1CCCC1)=N2. The van der Waals surface area contributed by atoms with Crippen LogP contribution < -0.4 is 9.47 Å². The molecule has 3 atom stereocenters. The van der Waals surface area contributed by atoms with Crippen molar-refractivity contribution in [3.05, 3.63) is 64.9 Å². The Labute approximate surface area is 240 Å². The van der Waals surface area contributed by atoms with Gasteiger partial charge in [0, 0.05) is 29.3 Å². The molecular weight excluding hydrogens is 518 g/mol. The third kappa shape index (κ3) is 5.15. The lowest BCUT2D eigenvalue weighted by Crippen LogP contribution is -2.40. The minimum atomic E-state index is -0.664. The van der Waals surface area contributed by atoms with Gasteiger partial charge >= 0.3 is 5.97 Å². The van der Waals surface area contributed by atoms with E-state index in [1.54, 1.807) is 18.2 Å². The van der Waals surface area contributed by atoms with Gasteiger partial charge in [0.1, 0.15) is 17.8 Å². The molecule has 0 bridgehead atoms. The number of ether oxygens (including phenoxy) is 3. The van der Waals surface area contributed by atoms with Gasteiger partial charge in [-0.1, -0.05) is 43.9 Å². The lowest BCUT2D eigenvalue weighted by atomic mass is 9.68. The van der Waals surface area contributed by atoms with E-state index >= 15 is 0 Å². The van der Waals surface area contributed by atoms with E-state index in [2.05, 4.69) is 0 Å². The Balaban J connectivity index is 1.30. The van der Waals surface area contributed by atoms with Crippen LogP contribution in [-0.2, 0) is 14.3 Å². The first-order chi connectivity index (χ1) is 20.0. The molecule has 0 amide bonds. The smallest absolute Gasteiger partial charge is 0.315 e. The molecule has 7 heteroatoms.